The molecule has 1 aliphatic heterocycles. The van der Waals surface area contributed by atoms with Gasteiger partial charge in [-0.3, -0.25) is 14.4 Å². The molecule has 0 bridgehead atoms. The molecule has 0 unspecified atom stereocenters. The lowest BCUT2D eigenvalue weighted by atomic mass is 9.92. The summed E-state index contributed by atoms with van der Waals surface area (Å²) in [6, 6.07) is 4.62. The number of hydrogen-bond donors (Lipinski definition) is 0. The van der Waals surface area contributed by atoms with E-state index in [-0.39, 0.29) is 34.1 Å². The van der Waals surface area contributed by atoms with Gasteiger partial charge in [0, 0.05) is 49.8 Å². The zero-order chi connectivity index (χ0) is 20.6. The predicted octanol–water partition coefficient (Wildman–Crippen LogP) is 1.02. The predicted molar refractivity (Wildman–Crippen MR) is 105 cm³/mol. The Labute approximate surface area is 163 Å². The van der Waals surface area contributed by atoms with Gasteiger partial charge in [0.15, 0.2) is 0 Å². The lowest BCUT2D eigenvalue weighted by Crippen LogP contribution is -2.52. The Morgan fingerprint density at radius 2 is 1.89 bits per heavy atom. The summed E-state index contributed by atoms with van der Waals surface area (Å²) in [4.78, 5) is 38.3. The Bertz CT molecular complexity index is 1010. The average Bonchev–Trinajstić information content (AvgIpc) is 2.59. The highest BCUT2D eigenvalue weighted by Gasteiger charge is 2.33. The number of carbonyl (C=O) groups is 1. The summed E-state index contributed by atoms with van der Waals surface area (Å²) in [7, 11) is 3.03. The maximum absolute atomic E-state index is 12.8. The van der Waals surface area contributed by atoms with Gasteiger partial charge in [-0.05, 0) is 6.07 Å². The van der Waals surface area contributed by atoms with Crippen molar-refractivity contribution in [1.82, 2.24) is 19.2 Å². The minimum atomic E-state index is -0.237. The van der Waals surface area contributed by atoms with Crippen molar-refractivity contribution in [3.05, 3.63) is 56.4 Å². The highest BCUT2D eigenvalue weighted by molar-refractivity contribution is 5.97. The fourth-order valence-electron chi connectivity index (χ4n) is 3.19. The second kappa shape index (κ2) is 7.26. The molecule has 0 aromatic carbocycles. The highest BCUT2D eigenvalue weighted by atomic mass is 16.5. The molecule has 2 aromatic rings. The number of amides is 1. The minimum absolute atomic E-state index is 0.141. The summed E-state index contributed by atoms with van der Waals surface area (Å²) in [5.41, 5.74) is 0.690. The first kappa shape index (κ1) is 19.9. The second-order valence-corrected chi connectivity index (χ2v) is 8.27. The fourth-order valence-corrected chi connectivity index (χ4v) is 3.19. The Kier molecular flexibility index (Phi) is 5.14. The molecule has 8 nitrogen and oxygen atoms in total. The Morgan fingerprint density at radius 1 is 1.21 bits per heavy atom. The lowest BCUT2D eigenvalue weighted by molar-refractivity contribution is 0.0453. The molecule has 1 aliphatic rings. The molecular weight excluding hydrogens is 360 g/mol. The number of aromatic nitrogens is 3. The number of carbonyl (C=O) groups excluding carboxylic acids is 1. The molecule has 3 heterocycles. The molecule has 0 aliphatic carbocycles. The van der Waals surface area contributed by atoms with Gasteiger partial charge >= 0.3 is 0 Å². The maximum atomic E-state index is 12.8. The van der Waals surface area contributed by atoms with Crippen molar-refractivity contribution in [3.8, 4) is 5.75 Å². The van der Waals surface area contributed by atoms with Crippen molar-refractivity contribution in [1.29, 1.82) is 0 Å². The third kappa shape index (κ3) is 3.85. The van der Waals surface area contributed by atoms with E-state index in [4.69, 9.17) is 4.74 Å². The third-order valence-corrected chi connectivity index (χ3v) is 4.95. The number of aryl methyl sites for hydroxylation is 1. The third-order valence-electron chi connectivity index (χ3n) is 4.95. The van der Waals surface area contributed by atoms with Crippen LogP contribution in [0.2, 0.25) is 0 Å². The Balaban J connectivity index is 1.70. The van der Waals surface area contributed by atoms with Crippen LogP contribution in [0.3, 0.4) is 0 Å². The molecule has 0 N–H and O–H groups in total. The SMILES string of the molecule is COc1cc(=O)n(C)cc1C(=O)N1CC(Cn2nc(C(C)(C)C)ccc2=O)C1. The zero-order valence-corrected chi connectivity index (χ0v) is 16.9. The summed E-state index contributed by atoms with van der Waals surface area (Å²) in [6.45, 7) is 7.67. The van der Waals surface area contributed by atoms with Crippen LogP contribution >= 0.6 is 0 Å². The van der Waals surface area contributed by atoms with E-state index in [0.717, 1.165) is 5.69 Å². The molecule has 2 aromatic heterocycles. The number of hydrogen-bond acceptors (Lipinski definition) is 5. The van der Waals surface area contributed by atoms with E-state index in [1.54, 1.807) is 24.1 Å². The van der Waals surface area contributed by atoms with Gasteiger partial charge < -0.3 is 14.2 Å². The standard InChI is InChI=1S/C20H26N4O4/c1-20(2,3)16-6-7-17(25)24(21-16)11-13-9-23(10-13)19(27)14-12-22(4)18(26)8-15(14)28-5/h6-8,12-13H,9-11H2,1-5H3. The Morgan fingerprint density at radius 3 is 2.50 bits per heavy atom. The molecule has 150 valence electrons. The molecule has 1 saturated heterocycles. The molecule has 0 spiro atoms. The van der Waals surface area contributed by atoms with Crippen molar-refractivity contribution in [2.24, 2.45) is 13.0 Å². The van der Waals surface area contributed by atoms with Gasteiger partial charge in [-0.25, -0.2) is 4.68 Å². The largest absolute Gasteiger partial charge is 0.496 e. The van der Waals surface area contributed by atoms with Crippen molar-refractivity contribution in [3.63, 3.8) is 0 Å². The molecule has 0 radical (unpaired) electrons. The summed E-state index contributed by atoms with van der Waals surface area (Å²) in [6.07, 6.45) is 1.50. The smallest absolute Gasteiger partial charge is 0.266 e. The first-order valence-electron chi connectivity index (χ1n) is 9.22. The molecule has 0 saturated carbocycles. The lowest BCUT2D eigenvalue weighted by Gasteiger charge is -2.39. The topological polar surface area (TPSA) is 86.4 Å². The van der Waals surface area contributed by atoms with Gasteiger partial charge in [0.25, 0.3) is 17.0 Å². The van der Waals surface area contributed by atoms with Crippen LogP contribution in [0.1, 0.15) is 36.8 Å². The van der Waals surface area contributed by atoms with Crippen LogP contribution in [0, 0.1) is 5.92 Å². The minimum Gasteiger partial charge on any atom is -0.496 e. The normalized spacial score (nSPS) is 14.7. The first-order valence-corrected chi connectivity index (χ1v) is 9.22. The Hall–Kier alpha value is -2.90. The van der Waals surface area contributed by atoms with Crippen molar-refractivity contribution in [2.75, 3.05) is 20.2 Å². The molecule has 0 atom stereocenters. The summed E-state index contributed by atoms with van der Waals surface area (Å²) < 4.78 is 8.03. The number of rotatable bonds is 4. The highest BCUT2D eigenvalue weighted by Crippen LogP contribution is 2.24. The van der Waals surface area contributed by atoms with Crippen LogP contribution in [-0.2, 0) is 19.0 Å². The summed E-state index contributed by atoms with van der Waals surface area (Å²) >= 11 is 0. The number of nitrogens with zero attached hydrogens (tertiary/aromatic N) is 4. The van der Waals surface area contributed by atoms with E-state index in [9.17, 15) is 14.4 Å². The van der Waals surface area contributed by atoms with Gasteiger partial charge in [-0.2, -0.15) is 5.10 Å². The monoisotopic (exact) mass is 386 g/mol. The maximum Gasteiger partial charge on any atom is 0.266 e. The van der Waals surface area contributed by atoms with Crippen molar-refractivity contribution in [2.45, 2.75) is 32.7 Å². The number of methoxy groups -OCH3 is 1. The summed E-state index contributed by atoms with van der Waals surface area (Å²) in [5, 5.41) is 4.48. The molecule has 3 rings (SSSR count). The van der Waals surface area contributed by atoms with Gasteiger partial charge in [-0.1, -0.05) is 20.8 Å². The molecule has 8 heteroatoms. The average molecular weight is 386 g/mol. The quantitative estimate of drug-likeness (QED) is 0.783. The van der Waals surface area contributed by atoms with Crippen LogP contribution in [0.4, 0.5) is 0 Å². The van der Waals surface area contributed by atoms with E-state index in [1.165, 1.54) is 28.6 Å². The summed E-state index contributed by atoms with van der Waals surface area (Å²) in [5.74, 6) is 0.239. The van der Waals surface area contributed by atoms with Crippen LogP contribution in [-0.4, -0.2) is 45.4 Å². The number of pyridine rings is 1. The van der Waals surface area contributed by atoms with E-state index < -0.39 is 0 Å². The van der Waals surface area contributed by atoms with E-state index in [0.29, 0.717) is 25.2 Å². The zero-order valence-electron chi connectivity index (χ0n) is 16.9. The van der Waals surface area contributed by atoms with Crippen molar-refractivity contribution < 1.29 is 9.53 Å². The number of likely N-dealkylation sites (tertiary alicyclic amines) is 1. The molecule has 1 amide bonds. The first-order chi connectivity index (χ1) is 13.1. The van der Waals surface area contributed by atoms with Crippen LogP contribution in [0.25, 0.3) is 0 Å². The number of ether oxygens (including phenoxy) is 1. The van der Waals surface area contributed by atoms with E-state index >= 15 is 0 Å². The van der Waals surface area contributed by atoms with Crippen LogP contribution in [0.15, 0.2) is 34.0 Å². The van der Waals surface area contributed by atoms with Gasteiger partial charge in [0.05, 0.1) is 24.9 Å². The second-order valence-electron chi connectivity index (χ2n) is 8.27. The van der Waals surface area contributed by atoms with Gasteiger partial charge in [0.1, 0.15) is 5.75 Å². The van der Waals surface area contributed by atoms with Crippen LogP contribution in [0.5, 0.6) is 5.75 Å². The molecule has 1 fully saturated rings. The fraction of sp³-hybridized carbons (Fsp3) is 0.500. The van der Waals surface area contributed by atoms with Crippen molar-refractivity contribution >= 4 is 5.91 Å². The van der Waals surface area contributed by atoms with E-state index in [1.807, 2.05) is 0 Å². The molecular formula is C20H26N4O4. The molecule has 28 heavy (non-hydrogen) atoms. The van der Waals surface area contributed by atoms with Crippen LogP contribution < -0.4 is 15.9 Å². The van der Waals surface area contributed by atoms with Gasteiger partial charge in [0.2, 0.25) is 0 Å². The van der Waals surface area contributed by atoms with Gasteiger partial charge in [-0.15, -0.1) is 0 Å². The van der Waals surface area contributed by atoms with E-state index in [2.05, 4.69) is 25.9 Å².